The molecule has 126 valence electrons. The Hall–Kier alpha value is -1.12. The molecule has 0 radical (unpaired) electrons. The third-order valence-corrected chi connectivity index (χ3v) is 4.40. The molecule has 0 aromatic heterocycles. The van der Waals surface area contributed by atoms with Crippen molar-refractivity contribution < 1.29 is 4.39 Å². The SMILES string of the molecule is CCCCCC1=CCCCC=NC(NCC(CC)CC)=C1F. The number of hydrogen-bond donors (Lipinski definition) is 1. The first-order valence-corrected chi connectivity index (χ1v) is 9.08. The highest BCUT2D eigenvalue weighted by Gasteiger charge is 2.13. The van der Waals surface area contributed by atoms with Crippen molar-refractivity contribution in [3.8, 4) is 0 Å². The van der Waals surface area contributed by atoms with Crippen LogP contribution in [-0.4, -0.2) is 12.8 Å². The fraction of sp³-hybridized carbons (Fsp3) is 0.737. The van der Waals surface area contributed by atoms with Crippen LogP contribution in [0.3, 0.4) is 0 Å². The molecular formula is C19H33FN2. The molecule has 1 N–H and O–H groups in total. The van der Waals surface area contributed by atoms with Crippen molar-refractivity contribution in [3.63, 3.8) is 0 Å². The lowest BCUT2D eigenvalue weighted by atomic mass is 10.0. The smallest absolute Gasteiger partial charge is 0.168 e. The second kappa shape index (κ2) is 11.4. The van der Waals surface area contributed by atoms with Gasteiger partial charge in [-0.1, -0.05) is 52.5 Å². The Morgan fingerprint density at radius 1 is 1.18 bits per heavy atom. The number of aliphatic imine (C=N–C) groups is 1. The molecule has 0 unspecified atom stereocenters. The van der Waals surface area contributed by atoms with Gasteiger partial charge in [-0.3, -0.25) is 0 Å². The van der Waals surface area contributed by atoms with E-state index in [0.717, 1.165) is 69.9 Å². The zero-order valence-electron chi connectivity index (χ0n) is 14.6. The molecular weight excluding hydrogens is 275 g/mol. The van der Waals surface area contributed by atoms with Gasteiger partial charge in [0, 0.05) is 12.8 Å². The molecule has 0 bridgehead atoms. The van der Waals surface area contributed by atoms with Crippen LogP contribution in [0.5, 0.6) is 0 Å². The Balaban J connectivity index is 2.82. The van der Waals surface area contributed by atoms with Gasteiger partial charge in [0.05, 0.1) is 0 Å². The second-order valence-electron chi connectivity index (χ2n) is 6.16. The van der Waals surface area contributed by atoms with Crippen molar-refractivity contribution in [2.24, 2.45) is 10.9 Å². The molecule has 0 atom stereocenters. The summed E-state index contributed by atoms with van der Waals surface area (Å²) in [5.41, 5.74) is 0.847. The van der Waals surface area contributed by atoms with Gasteiger partial charge in [0.15, 0.2) is 11.6 Å². The standard InChI is InChI=1S/C19H33FN2/c1-4-7-9-12-17-13-10-8-11-14-21-19(18(17)20)22-15-16(5-2)6-3/h13-14,16,22H,4-12,15H2,1-3H3. The molecule has 0 spiro atoms. The highest BCUT2D eigenvalue weighted by Crippen LogP contribution is 2.24. The minimum absolute atomic E-state index is 0.139. The Morgan fingerprint density at radius 3 is 2.64 bits per heavy atom. The van der Waals surface area contributed by atoms with Crippen LogP contribution in [-0.2, 0) is 0 Å². The fourth-order valence-corrected chi connectivity index (χ4v) is 2.66. The summed E-state index contributed by atoms with van der Waals surface area (Å²) in [4.78, 5) is 4.37. The Labute approximate surface area is 136 Å². The van der Waals surface area contributed by atoms with E-state index in [4.69, 9.17) is 0 Å². The predicted octanol–water partition coefficient (Wildman–Crippen LogP) is 5.91. The van der Waals surface area contributed by atoms with Crippen LogP contribution in [0.2, 0.25) is 0 Å². The summed E-state index contributed by atoms with van der Waals surface area (Å²) >= 11 is 0. The molecule has 0 aromatic carbocycles. The molecule has 0 aromatic rings. The lowest BCUT2D eigenvalue weighted by Crippen LogP contribution is -2.22. The van der Waals surface area contributed by atoms with E-state index in [0.29, 0.717) is 11.7 Å². The monoisotopic (exact) mass is 308 g/mol. The maximum absolute atomic E-state index is 14.9. The van der Waals surface area contributed by atoms with Crippen LogP contribution >= 0.6 is 0 Å². The first-order valence-electron chi connectivity index (χ1n) is 9.08. The molecule has 2 nitrogen and oxygen atoms in total. The number of nitrogens with zero attached hydrogens (tertiary/aromatic N) is 1. The molecule has 1 heterocycles. The molecule has 1 aliphatic heterocycles. The fourth-order valence-electron chi connectivity index (χ4n) is 2.66. The topological polar surface area (TPSA) is 24.4 Å². The van der Waals surface area contributed by atoms with Gasteiger partial charge in [-0.25, -0.2) is 9.38 Å². The molecule has 0 aliphatic carbocycles. The molecule has 0 saturated heterocycles. The summed E-state index contributed by atoms with van der Waals surface area (Å²) in [7, 11) is 0. The van der Waals surface area contributed by atoms with Crippen molar-refractivity contribution in [3.05, 3.63) is 23.3 Å². The second-order valence-corrected chi connectivity index (χ2v) is 6.16. The largest absolute Gasteiger partial charge is 0.367 e. The van der Waals surface area contributed by atoms with Crippen molar-refractivity contribution in [2.45, 2.75) is 78.6 Å². The number of unbranched alkanes of at least 4 members (excludes halogenated alkanes) is 2. The maximum atomic E-state index is 14.9. The highest BCUT2D eigenvalue weighted by atomic mass is 19.1. The van der Waals surface area contributed by atoms with Gasteiger partial charge in [-0.2, -0.15) is 0 Å². The molecule has 0 saturated carbocycles. The van der Waals surface area contributed by atoms with E-state index >= 15 is 0 Å². The molecule has 0 fully saturated rings. The summed E-state index contributed by atoms with van der Waals surface area (Å²) < 4.78 is 14.9. The maximum Gasteiger partial charge on any atom is 0.168 e. The first kappa shape index (κ1) is 18.9. The van der Waals surface area contributed by atoms with E-state index in [9.17, 15) is 4.39 Å². The molecule has 22 heavy (non-hydrogen) atoms. The van der Waals surface area contributed by atoms with E-state index in [1.54, 1.807) is 0 Å². The van der Waals surface area contributed by atoms with Crippen LogP contribution in [0.4, 0.5) is 4.39 Å². The number of nitrogens with one attached hydrogen (secondary N) is 1. The molecule has 1 aliphatic rings. The van der Waals surface area contributed by atoms with Gasteiger partial charge in [-0.05, 0) is 43.6 Å². The molecule has 1 rings (SSSR count). The average molecular weight is 308 g/mol. The van der Waals surface area contributed by atoms with Crippen molar-refractivity contribution in [1.29, 1.82) is 0 Å². The van der Waals surface area contributed by atoms with Gasteiger partial charge < -0.3 is 5.32 Å². The number of allylic oxidation sites excluding steroid dienone is 3. The third kappa shape index (κ3) is 6.76. The van der Waals surface area contributed by atoms with Crippen LogP contribution in [0.15, 0.2) is 28.3 Å². The van der Waals surface area contributed by atoms with E-state index < -0.39 is 0 Å². The Kier molecular flexibility index (Phi) is 9.85. The first-order chi connectivity index (χ1) is 10.7. The average Bonchev–Trinajstić information content (AvgIpc) is 2.61. The molecule has 3 heteroatoms. The summed E-state index contributed by atoms with van der Waals surface area (Å²) in [6.45, 7) is 7.35. The number of rotatable bonds is 9. The van der Waals surface area contributed by atoms with E-state index in [1.807, 2.05) is 6.21 Å². The van der Waals surface area contributed by atoms with Crippen molar-refractivity contribution in [1.82, 2.24) is 5.32 Å². The zero-order chi connectivity index (χ0) is 16.2. The van der Waals surface area contributed by atoms with Gasteiger partial charge in [0.25, 0.3) is 0 Å². The minimum atomic E-state index is -0.139. The quantitative estimate of drug-likeness (QED) is 0.526. The van der Waals surface area contributed by atoms with E-state index in [-0.39, 0.29) is 5.83 Å². The minimum Gasteiger partial charge on any atom is -0.367 e. The lowest BCUT2D eigenvalue weighted by Gasteiger charge is -2.16. The normalized spacial score (nSPS) is 16.3. The summed E-state index contributed by atoms with van der Waals surface area (Å²) in [5, 5.41) is 3.26. The summed E-state index contributed by atoms with van der Waals surface area (Å²) in [6, 6.07) is 0. The van der Waals surface area contributed by atoms with Gasteiger partial charge >= 0.3 is 0 Å². The Bertz CT molecular complexity index is 392. The Morgan fingerprint density at radius 2 is 1.95 bits per heavy atom. The van der Waals surface area contributed by atoms with Crippen LogP contribution in [0.1, 0.15) is 78.6 Å². The van der Waals surface area contributed by atoms with Crippen molar-refractivity contribution >= 4 is 6.21 Å². The zero-order valence-corrected chi connectivity index (χ0v) is 14.6. The molecule has 0 amide bonds. The lowest BCUT2D eigenvalue weighted by molar-refractivity contribution is 0.463. The van der Waals surface area contributed by atoms with Gasteiger partial charge in [-0.15, -0.1) is 0 Å². The van der Waals surface area contributed by atoms with E-state index in [2.05, 4.69) is 37.2 Å². The predicted molar refractivity (Wildman–Crippen MR) is 94.8 cm³/mol. The van der Waals surface area contributed by atoms with Gasteiger partial charge in [0.1, 0.15) is 0 Å². The summed E-state index contributed by atoms with van der Waals surface area (Å²) in [6.07, 6.45) is 13.3. The van der Waals surface area contributed by atoms with Gasteiger partial charge in [0.2, 0.25) is 0 Å². The third-order valence-electron chi connectivity index (χ3n) is 4.40. The van der Waals surface area contributed by atoms with Crippen LogP contribution in [0.25, 0.3) is 0 Å². The number of halogens is 1. The highest BCUT2D eigenvalue weighted by molar-refractivity contribution is 5.59. The number of hydrogen-bond acceptors (Lipinski definition) is 2. The van der Waals surface area contributed by atoms with Crippen molar-refractivity contribution in [2.75, 3.05) is 6.54 Å². The van der Waals surface area contributed by atoms with E-state index in [1.165, 1.54) is 0 Å². The van der Waals surface area contributed by atoms with Crippen LogP contribution < -0.4 is 5.32 Å². The van der Waals surface area contributed by atoms with Crippen LogP contribution in [0, 0.1) is 5.92 Å². The summed E-state index contributed by atoms with van der Waals surface area (Å²) in [5.74, 6) is 0.882.